The van der Waals surface area contributed by atoms with Crippen molar-refractivity contribution in [2.75, 3.05) is 32.7 Å². The topological polar surface area (TPSA) is 84.9 Å². The quantitative estimate of drug-likeness (QED) is 0.679. The molecule has 1 aliphatic heterocycles. The Morgan fingerprint density at radius 1 is 1.21 bits per heavy atom. The maximum atomic E-state index is 12.2. The van der Waals surface area contributed by atoms with E-state index in [9.17, 15) is 13.2 Å². The van der Waals surface area contributed by atoms with Crippen LogP contribution in [-0.2, 0) is 10.0 Å². The number of rotatable bonds is 9. The van der Waals surface area contributed by atoms with Crippen molar-refractivity contribution in [1.29, 1.82) is 0 Å². The number of ether oxygens (including phenoxy) is 2. The molecule has 1 aromatic carbocycles. The first-order chi connectivity index (χ1) is 11.4. The van der Waals surface area contributed by atoms with E-state index in [1.807, 2.05) is 0 Å². The smallest absolute Gasteiger partial charge is 0.251 e. The van der Waals surface area contributed by atoms with Crippen LogP contribution < -0.4 is 14.8 Å². The van der Waals surface area contributed by atoms with Crippen molar-refractivity contribution in [2.45, 2.75) is 26.2 Å². The Bertz CT molecular complexity index is 675. The standard InChI is InChI=1S/C16H24N2O5S/c1-3-4-5-9-18(24(2,20)21)10-8-17-16(19)13-6-7-14-15(11-13)23-12-22-14/h6-7,11H,3-5,8-10,12H2,1-2H3,(H,17,19). The maximum Gasteiger partial charge on any atom is 0.251 e. The van der Waals surface area contributed by atoms with E-state index in [-0.39, 0.29) is 25.8 Å². The van der Waals surface area contributed by atoms with E-state index in [0.717, 1.165) is 19.3 Å². The number of carbonyl (C=O) groups excluding carboxylic acids is 1. The minimum Gasteiger partial charge on any atom is -0.454 e. The molecule has 1 amide bonds. The third-order valence-electron chi connectivity index (χ3n) is 3.76. The zero-order valence-electron chi connectivity index (χ0n) is 14.1. The number of carbonyl (C=O) groups is 1. The highest BCUT2D eigenvalue weighted by Gasteiger charge is 2.18. The summed E-state index contributed by atoms with van der Waals surface area (Å²) < 4.78 is 35.4. The SMILES string of the molecule is CCCCCN(CCNC(=O)c1ccc2c(c1)OCO2)S(C)(=O)=O. The molecule has 8 heteroatoms. The first kappa shape index (κ1) is 18.5. The number of sulfonamides is 1. The number of nitrogens with zero attached hydrogens (tertiary/aromatic N) is 1. The zero-order chi connectivity index (χ0) is 17.6. The molecule has 0 spiro atoms. The number of fused-ring (bicyclic) bond motifs is 1. The average molecular weight is 356 g/mol. The molecule has 0 fully saturated rings. The van der Waals surface area contributed by atoms with Crippen molar-refractivity contribution in [3.05, 3.63) is 23.8 Å². The summed E-state index contributed by atoms with van der Waals surface area (Å²) in [7, 11) is -3.27. The van der Waals surface area contributed by atoms with Crippen molar-refractivity contribution in [2.24, 2.45) is 0 Å². The van der Waals surface area contributed by atoms with Gasteiger partial charge in [-0.3, -0.25) is 4.79 Å². The Hall–Kier alpha value is -1.80. The van der Waals surface area contributed by atoms with Crippen molar-refractivity contribution < 1.29 is 22.7 Å². The van der Waals surface area contributed by atoms with Crippen LogP contribution in [0.25, 0.3) is 0 Å². The van der Waals surface area contributed by atoms with E-state index in [2.05, 4.69) is 12.2 Å². The molecular weight excluding hydrogens is 332 g/mol. The fourth-order valence-electron chi connectivity index (χ4n) is 2.42. The van der Waals surface area contributed by atoms with Gasteiger partial charge in [-0.05, 0) is 24.6 Å². The van der Waals surface area contributed by atoms with Gasteiger partial charge in [-0.15, -0.1) is 0 Å². The van der Waals surface area contributed by atoms with Gasteiger partial charge < -0.3 is 14.8 Å². The van der Waals surface area contributed by atoms with Crippen LogP contribution in [-0.4, -0.2) is 51.3 Å². The molecular formula is C16H24N2O5S. The van der Waals surface area contributed by atoms with Gasteiger partial charge in [0.1, 0.15) is 0 Å². The molecule has 134 valence electrons. The second-order valence-corrected chi connectivity index (χ2v) is 7.68. The molecule has 1 aromatic rings. The summed E-state index contributed by atoms with van der Waals surface area (Å²) >= 11 is 0. The molecule has 1 heterocycles. The third kappa shape index (κ3) is 5.10. The van der Waals surface area contributed by atoms with Crippen molar-refractivity contribution in [3.8, 4) is 11.5 Å². The second-order valence-electron chi connectivity index (χ2n) is 5.69. The number of amides is 1. The van der Waals surface area contributed by atoms with Crippen LogP contribution in [0.4, 0.5) is 0 Å². The lowest BCUT2D eigenvalue weighted by atomic mass is 10.2. The molecule has 0 unspecified atom stereocenters. The van der Waals surface area contributed by atoms with Gasteiger partial charge in [0.15, 0.2) is 11.5 Å². The minimum atomic E-state index is -3.27. The van der Waals surface area contributed by atoms with Crippen LogP contribution in [0.1, 0.15) is 36.5 Å². The molecule has 0 atom stereocenters. The fraction of sp³-hybridized carbons (Fsp3) is 0.562. The average Bonchev–Trinajstić information content (AvgIpc) is 2.99. The van der Waals surface area contributed by atoms with Crippen LogP contribution in [0, 0.1) is 0 Å². The molecule has 0 aliphatic carbocycles. The number of benzene rings is 1. The Morgan fingerprint density at radius 3 is 2.67 bits per heavy atom. The summed E-state index contributed by atoms with van der Waals surface area (Å²) in [5.41, 5.74) is 0.455. The molecule has 1 N–H and O–H groups in total. The van der Waals surface area contributed by atoms with E-state index in [1.165, 1.54) is 10.6 Å². The predicted octanol–water partition coefficient (Wildman–Crippen LogP) is 1.60. The van der Waals surface area contributed by atoms with Crippen LogP contribution in [0.3, 0.4) is 0 Å². The zero-order valence-corrected chi connectivity index (χ0v) is 14.9. The lowest BCUT2D eigenvalue weighted by molar-refractivity contribution is 0.0951. The van der Waals surface area contributed by atoms with Crippen molar-refractivity contribution >= 4 is 15.9 Å². The Balaban J connectivity index is 1.86. The summed E-state index contributed by atoms with van der Waals surface area (Å²) in [5.74, 6) is 0.890. The molecule has 2 rings (SSSR count). The fourth-order valence-corrected chi connectivity index (χ4v) is 3.30. The monoisotopic (exact) mass is 356 g/mol. The van der Waals surface area contributed by atoms with E-state index in [1.54, 1.807) is 18.2 Å². The maximum absolute atomic E-state index is 12.2. The normalized spacial score (nSPS) is 13.3. The first-order valence-electron chi connectivity index (χ1n) is 8.05. The van der Waals surface area contributed by atoms with E-state index >= 15 is 0 Å². The number of nitrogens with one attached hydrogen (secondary N) is 1. The number of hydrogen-bond acceptors (Lipinski definition) is 5. The van der Waals surface area contributed by atoms with Gasteiger partial charge in [0, 0.05) is 25.2 Å². The largest absolute Gasteiger partial charge is 0.454 e. The summed E-state index contributed by atoms with van der Waals surface area (Å²) in [6, 6.07) is 4.95. The molecule has 0 saturated heterocycles. The predicted molar refractivity (Wildman–Crippen MR) is 90.8 cm³/mol. The molecule has 1 aliphatic rings. The second kappa shape index (κ2) is 8.34. The van der Waals surface area contributed by atoms with Crippen LogP contribution in [0.15, 0.2) is 18.2 Å². The van der Waals surface area contributed by atoms with Gasteiger partial charge in [0.25, 0.3) is 5.91 Å². The van der Waals surface area contributed by atoms with Gasteiger partial charge >= 0.3 is 0 Å². The highest BCUT2D eigenvalue weighted by Crippen LogP contribution is 2.32. The molecule has 7 nitrogen and oxygen atoms in total. The Kier molecular flexibility index (Phi) is 6.44. The summed E-state index contributed by atoms with van der Waals surface area (Å²) in [4.78, 5) is 12.2. The van der Waals surface area contributed by atoms with Gasteiger partial charge in [-0.25, -0.2) is 12.7 Å². The van der Waals surface area contributed by atoms with Crippen molar-refractivity contribution in [1.82, 2.24) is 9.62 Å². The van der Waals surface area contributed by atoms with Gasteiger partial charge in [0.2, 0.25) is 16.8 Å². The number of unbranched alkanes of at least 4 members (excludes halogenated alkanes) is 2. The van der Waals surface area contributed by atoms with Crippen LogP contribution in [0.2, 0.25) is 0 Å². The van der Waals surface area contributed by atoms with E-state index < -0.39 is 10.0 Å². The van der Waals surface area contributed by atoms with Gasteiger partial charge in [0.05, 0.1) is 6.26 Å². The minimum absolute atomic E-state index is 0.154. The Morgan fingerprint density at radius 2 is 1.96 bits per heavy atom. The third-order valence-corrected chi connectivity index (χ3v) is 5.06. The van der Waals surface area contributed by atoms with E-state index in [0.29, 0.717) is 23.6 Å². The molecule has 0 bridgehead atoms. The summed E-state index contributed by atoms with van der Waals surface area (Å²) in [6.07, 6.45) is 4.02. The Labute approximate surface area is 143 Å². The van der Waals surface area contributed by atoms with Gasteiger partial charge in [-0.2, -0.15) is 0 Å². The highest BCUT2D eigenvalue weighted by atomic mass is 32.2. The van der Waals surface area contributed by atoms with Crippen LogP contribution >= 0.6 is 0 Å². The molecule has 24 heavy (non-hydrogen) atoms. The van der Waals surface area contributed by atoms with Gasteiger partial charge in [-0.1, -0.05) is 19.8 Å². The lowest BCUT2D eigenvalue weighted by Crippen LogP contribution is -2.38. The summed E-state index contributed by atoms with van der Waals surface area (Å²) in [6.45, 7) is 3.22. The summed E-state index contributed by atoms with van der Waals surface area (Å²) in [5, 5.41) is 2.74. The molecule has 0 saturated carbocycles. The van der Waals surface area contributed by atoms with Crippen LogP contribution in [0.5, 0.6) is 11.5 Å². The molecule has 0 radical (unpaired) electrons. The molecule has 0 aromatic heterocycles. The van der Waals surface area contributed by atoms with E-state index in [4.69, 9.17) is 9.47 Å². The lowest BCUT2D eigenvalue weighted by Gasteiger charge is -2.20. The number of hydrogen-bond donors (Lipinski definition) is 1. The first-order valence-corrected chi connectivity index (χ1v) is 9.89. The van der Waals surface area contributed by atoms with Crippen molar-refractivity contribution in [3.63, 3.8) is 0 Å². The highest BCUT2D eigenvalue weighted by molar-refractivity contribution is 7.88.